The maximum absolute atomic E-state index is 14.1. The standard InChI is InChI=1S/C17H12F4N2O3S/c18-8-27(23,25)14-2-1-13(12-6-17(20,21)16(24)15(12)14)26-11-4-9(7-22)3-10(19)5-11/h1-5,8,16,24H,6H2,(H2,23,25). The molecule has 1 aliphatic rings. The second-order valence-electron chi connectivity index (χ2n) is 5.92. The first-order chi connectivity index (χ1) is 12.6. The summed E-state index contributed by atoms with van der Waals surface area (Å²) in [6.07, 6.45) is -3.34. The zero-order valence-corrected chi connectivity index (χ0v) is 14.3. The Morgan fingerprint density at radius 1 is 1.37 bits per heavy atom. The Morgan fingerprint density at radius 3 is 2.70 bits per heavy atom. The van der Waals surface area contributed by atoms with Gasteiger partial charge in [-0.15, -0.1) is 0 Å². The molecule has 142 valence electrons. The SMILES string of the molecule is N#Cc1cc(F)cc(Oc2ccc(S(N)(=O)=CF)c3c2CC(F)(F)C3O)c1. The normalized spacial score (nSPS) is 19.7. The first-order valence-electron chi connectivity index (χ1n) is 7.44. The van der Waals surface area contributed by atoms with Crippen LogP contribution in [0, 0.1) is 17.1 Å². The fourth-order valence-electron chi connectivity index (χ4n) is 2.88. The average molecular weight is 400 g/mol. The van der Waals surface area contributed by atoms with E-state index in [9.17, 15) is 26.9 Å². The zero-order chi connectivity index (χ0) is 20.0. The number of aliphatic hydroxyl groups excluding tert-OH is 1. The molecule has 2 unspecified atom stereocenters. The molecule has 10 heteroatoms. The number of nitrogens with two attached hydrogens (primary N) is 1. The lowest BCUT2D eigenvalue weighted by Crippen LogP contribution is -2.23. The van der Waals surface area contributed by atoms with E-state index >= 15 is 0 Å². The van der Waals surface area contributed by atoms with Crippen molar-refractivity contribution in [2.45, 2.75) is 23.3 Å². The van der Waals surface area contributed by atoms with Gasteiger partial charge in [0.15, 0.2) is 5.62 Å². The number of nitriles is 1. The molecule has 5 nitrogen and oxygen atoms in total. The maximum Gasteiger partial charge on any atom is 0.281 e. The Hall–Kier alpha value is -2.61. The van der Waals surface area contributed by atoms with Crippen LogP contribution in [0.15, 0.2) is 35.2 Å². The van der Waals surface area contributed by atoms with E-state index in [4.69, 9.17) is 15.1 Å². The molecule has 0 bridgehead atoms. The lowest BCUT2D eigenvalue weighted by Gasteiger charge is -2.17. The fourth-order valence-corrected chi connectivity index (χ4v) is 3.84. The quantitative estimate of drug-likeness (QED) is 0.470. The van der Waals surface area contributed by atoms with Gasteiger partial charge in [-0.05, 0) is 24.3 Å². The summed E-state index contributed by atoms with van der Waals surface area (Å²) in [5.41, 5.74) is -1.10. The van der Waals surface area contributed by atoms with Crippen LogP contribution in [0.1, 0.15) is 22.8 Å². The molecule has 2 aromatic rings. The second-order valence-corrected chi connectivity index (χ2v) is 7.83. The zero-order valence-electron chi connectivity index (χ0n) is 13.5. The van der Waals surface area contributed by atoms with Gasteiger partial charge in [0, 0.05) is 23.6 Å². The molecular weight excluding hydrogens is 388 g/mol. The van der Waals surface area contributed by atoms with Crippen molar-refractivity contribution in [1.82, 2.24) is 0 Å². The summed E-state index contributed by atoms with van der Waals surface area (Å²) >= 11 is 0. The van der Waals surface area contributed by atoms with Crippen molar-refractivity contribution in [2.24, 2.45) is 5.14 Å². The van der Waals surface area contributed by atoms with Gasteiger partial charge in [0.2, 0.25) is 0 Å². The van der Waals surface area contributed by atoms with E-state index in [1.807, 2.05) is 0 Å². The molecule has 2 atom stereocenters. The van der Waals surface area contributed by atoms with Crippen molar-refractivity contribution in [2.75, 3.05) is 0 Å². The van der Waals surface area contributed by atoms with Crippen LogP contribution in [0.5, 0.6) is 11.5 Å². The van der Waals surface area contributed by atoms with Crippen molar-refractivity contribution in [3.8, 4) is 17.6 Å². The summed E-state index contributed by atoms with van der Waals surface area (Å²) < 4.78 is 72.1. The molecule has 1 aliphatic carbocycles. The molecule has 0 fully saturated rings. The molecule has 0 aromatic heterocycles. The van der Waals surface area contributed by atoms with Gasteiger partial charge >= 0.3 is 0 Å². The monoisotopic (exact) mass is 400 g/mol. The number of hydrogen-bond donors (Lipinski definition) is 2. The molecule has 0 saturated heterocycles. The smallest absolute Gasteiger partial charge is 0.281 e. The van der Waals surface area contributed by atoms with Gasteiger partial charge in [0.25, 0.3) is 5.92 Å². The highest BCUT2D eigenvalue weighted by molar-refractivity contribution is 7.99. The lowest BCUT2D eigenvalue weighted by molar-refractivity contribution is -0.0976. The van der Waals surface area contributed by atoms with Crippen LogP contribution in [0.25, 0.3) is 0 Å². The van der Waals surface area contributed by atoms with E-state index in [-0.39, 0.29) is 28.2 Å². The average Bonchev–Trinajstić information content (AvgIpc) is 2.85. The number of fused-ring (bicyclic) bond motifs is 1. The first-order valence-corrected chi connectivity index (χ1v) is 9.13. The first kappa shape index (κ1) is 19.2. The second kappa shape index (κ2) is 6.53. The maximum atomic E-state index is 14.1. The van der Waals surface area contributed by atoms with Gasteiger partial charge in [0.1, 0.15) is 23.4 Å². The third kappa shape index (κ3) is 3.37. The third-order valence-corrected chi connectivity index (χ3v) is 5.37. The molecular formula is C17H12F4N2O3S. The van der Waals surface area contributed by atoms with E-state index < -0.39 is 44.4 Å². The van der Waals surface area contributed by atoms with Crippen molar-refractivity contribution in [3.05, 3.63) is 52.8 Å². The molecule has 0 saturated carbocycles. The highest BCUT2D eigenvalue weighted by Crippen LogP contribution is 2.49. The highest BCUT2D eigenvalue weighted by atomic mass is 32.2. The summed E-state index contributed by atoms with van der Waals surface area (Å²) in [5, 5.41) is 24.2. The van der Waals surface area contributed by atoms with Crippen LogP contribution >= 0.6 is 0 Å². The third-order valence-electron chi connectivity index (χ3n) is 4.06. The predicted octanol–water partition coefficient (Wildman–Crippen LogP) is 2.96. The van der Waals surface area contributed by atoms with E-state index in [1.54, 1.807) is 6.07 Å². The van der Waals surface area contributed by atoms with E-state index in [0.717, 1.165) is 24.3 Å². The van der Waals surface area contributed by atoms with Crippen LogP contribution in [-0.4, -0.2) is 20.9 Å². The van der Waals surface area contributed by atoms with E-state index in [0.29, 0.717) is 0 Å². The Morgan fingerprint density at radius 2 is 2.07 bits per heavy atom. The van der Waals surface area contributed by atoms with Crippen LogP contribution in [-0.2, 0) is 16.1 Å². The van der Waals surface area contributed by atoms with Crippen molar-refractivity contribution in [3.63, 3.8) is 0 Å². The van der Waals surface area contributed by atoms with Crippen molar-refractivity contribution in [1.29, 1.82) is 5.26 Å². The predicted molar refractivity (Wildman–Crippen MR) is 89.0 cm³/mol. The minimum atomic E-state index is -3.91. The number of halogens is 4. The van der Waals surface area contributed by atoms with Gasteiger partial charge < -0.3 is 9.84 Å². The van der Waals surface area contributed by atoms with Crippen LogP contribution < -0.4 is 9.88 Å². The molecule has 3 N–H and O–H groups in total. The molecule has 0 heterocycles. The van der Waals surface area contributed by atoms with Crippen LogP contribution in [0.2, 0.25) is 0 Å². The molecule has 0 spiro atoms. The van der Waals surface area contributed by atoms with Gasteiger partial charge in [-0.2, -0.15) is 5.26 Å². The molecule has 0 radical (unpaired) electrons. The summed E-state index contributed by atoms with van der Waals surface area (Å²) in [6, 6.07) is 6.93. The molecule has 3 rings (SSSR count). The Kier molecular flexibility index (Phi) is 4.63. The van der Waals surface area contributed by atoms with Gasteiger partial charge in [-0.25, -0.2) is 21.8 Å². The number of ether oxygens (including phenoxy) is 1. The Bertz CT molecular complexity index is 1090. The van der Waals surface area contributed by atoms with Gasteiger partial charge in [0.05, 0.1) is 26.2 Å². The number of benzene rings is 2. The number of rotatable bonds is 3. The number of aliphatic hydroxyl groups is 1. The summed E-state index contributed by atoms with van der Waals surface area (Å²) in [5.74, 6) is -4.73. The number of alkyl halides is 2. The van der Waals surface area contributed by atoms with E-state index in [2.05, 4.69) is 0 Å². The van der Waals surface area contributed by atoms with Crippen LogP contribution in [0.4, 0.5) is 17.6 Å². The summed E-state index contributed by atoms with van der Waals surface area (Å²) in [6.45, 7) is 0. The minimum Gasteiger partial charge on any atom is -0.457 e. The molecule has 27 heavy (non-hydrogen) atoms. The van der Waals surface area contributed by atoms with Crippen molar-refractivity contribution < 1.29 is 31.6 Å². The summed E-state index contributed by atoms with van der Waals surface area (Å²) in [4.78, 5) is -0.478. The molecule has 0 aliphatic heterocycles. The molecule has 2 aromatic carbocycles. The number of nitrogens with zero attached hydrogens (tertiary/aromatic N) is 1. The largest absolute Gasteiger partial charge is 0.457 e. The van der Waals surface area contributed by atoms with E-state index in [1.165, 1.54) is 6.07 Å². The molecule has 0 amide bonds. The Balaban J connectivity index is 2.17. The highest BCUT2D eigenvalue weighted by Gasteiger charge is 2.50. The van der Waals surface area contributed by atoms with Crippen molar-refractivity contribution >= 4 is 15.3 Å². The fraction of sp³-hybridized carbons (Fsp3) is 0.176. The lowest BCUT2D eigenvalue weighted by atomic mass is 10.1. The van der Waals surface area contributed by atoms with Gasteiger partial charge in [-0.3, -0.25) is 5.14 Å². The summed E-state index contributed by atoms with van der Waals surface area (Å²) in [7, 11) is -3.91. The van der Waals surface area contributed by atoms with Gasteiger partial charge in [-0.1, -0.05) is 0 Å². The topological polar surface area (TPSA) is 96.3 Å². The Labute approximate surface area is 151 Å². The van der Waals surface area contributed by atoms with Crippen LogP contribution in [0.3, 0.4) is 0 Å². The number of hydrogen-bond acceptors (Lipinski definition) is 4. The minimum absolute atomic E-state index is 0.0550.